The second kappa shape index (κ2) is 2.95. The van der Waals surface area contributed by atoms with Crippen LogP contribution >= 0.6 is 0 Å². The Labute approximate surface area is 67.5 Å². The number of hydrogen-bond donors (Lipinski definition) is 1. The summed E-state index contributed by atoms with van der Waals surface area (Å²) < 4.78 is 0. The molecule has 0 saturated heterocycles. The monoisotopic (exact) mass is 147 g/mol. The molecular weight excluding hydrogens is 134 g/mol. The fourth-order valence-corrected chi connectivity index (χ4v) is 1.56. The first kappa shape index (κ1) is 6.71. The maximum Gasteiger partial charge on any atom is 0.0369 e. The number of rotatable bonds is 0. The molecule has 0 aromatic carbocycles. The van der Waals surface area contributed by atoms with Gasteiger partial charge < -0.3 is 5.32 Å². The first-order valence-electron chi connectivity index (χ1n) is 4.27. The molecule has 1 N–H and O–H groups in total. The molecular formula is C10H13N. The molecule has 0 fully saturated rings. The van der Waals surface area contributed by atoms with Crippen LogP contribution in [-0.4, -0.2) is 6.54 Å². The molecule has 1 aliphatic carbocycles. The highest BCUT2D eigenvalue weighted by atomic mass is 14.9. The number of nitrogens with one attached hydrogen (secondary N) is 1. The van der Waals surface area contributed by atoms with E-state index < -0.39 is 0 Å². The Bertz CT molecular complexity index is 209. The van der Waals surface area contributed by atoms with Crippen LogP contribution in [0.3, 0.4) is 0 Å². The summed E-state index contributed by atoms with van der Waals surface area (Å²) in [6.07, 6.45) is 12.5. The lowest BCUT2D eigenvalue weighted by atomic mass is 10.0. The van der Waals surface area contributed by atoms with Crippen molar-refractivity contribution >= 4 is 0 Å². The average Bonchev–Trinajstić information content (AvgIpc) is 2.28. The van der Waals surface area contributed by atoms with E-state index in [1.54, 1.807) is 0 Å². The van der Waals surface area contributed by atoms with E-state index in [-0.39, 0.29) is 0 Å². The van der Waals surface area contributed by atoms with Gasteiger partial charge in [0.15, 0.2) is 0 Å². The molecule has 0 spiro atoms. The van der Waals surface area contributed by atoms with Crippen LogP contribution in [0, 0.1) is 0 Å². The van der Waals surface area contributed by atoms with Crippen LogP contribution in [0.5, 0.6) is 0 Å². The van der Waals surface area contributed by atoms with Crippen molar-refractivity contribution in [3.8, 4) is 0 Å². The summed E-state index contributed by atoms with van der Waals surface area (Å²) in [4.78, 5) is 0. The Morgan fingerprint density at radius 2 is 2.09 bits per heavy atom. The smallest absolute Gasteiger partial charge is 0.0369 e. The van der Waals surface area contributed by atoms with E-state index >= 15 is 0 Å². The minimum atomic E-state index is 1.08. The predicted molar refractivity (Wildman–Crippen MR) is 47.2 cm³/mol. The molecule has 2 aliphatic rings. The van der Waals surface area contributed by atoms with Gasteiger partial charge in [-0.1, -0.05) is 18.2 Å². The van der Waals surface area contributed by atoms with E-state index in [0.29, 0.717) is 0 Å². The summed E-state index contributed by atoms with van der Waals surface area (Å²) in [5.74, 6) is 0. The van der Waals surface area contributed by atoms with Crippen LogP contribution in [0.1, 0.15) is 19.3 Å². The lowest BCUT2D eigenvalue weighted by Gasteiger charge is -2.16. The zero-order chi connectivity index (χ0) is 7.52. The standard InChI is InChI=1S/C10H13N/c1-2-5-9-6-4-8-11-10(9)7-3-1/h2-3,5,7,11H,1,4,6,8H2. The molecule has 2 rings (SSSR count). The molecule has 1 heterocycles. The van der Waals surface area contributed by atoms with Crippen molar-refractivity contribution < 1.29 is 0 Å². The summed E-state index contributed by atoms with van der Waals surface area (Å²) in [6.45, 7) is 1.14. The van der Waals surface area contributed by atoms with Gasteiger partial charge in [0.05, 0.1) is 0 Å². The first-order valence-corrected chi connectivity index (χ1v) is 4.27. The summed E-state index contributed by atoms with van der Waals surface area (Å²) in [5, 5.41) is 3.40. The predicted octanol–water partition coefficient (Wildman–Crippen LogP) is 2.14. The van der Waals surface area contributed by atoms with Crippen LogP contribution in [-0.2, 0) is 0 Å². The third-order valence-corrected chi connectivity index (χ3v) is 2.16. The van der Waals surface area contributed by atoms with Gasteiger partial charge in [-0.2, -0.15) is 0 Å². The molecule has 0 aromatic rings. The van der Waals surface area contributed by atoms with Crippen molar-refractivity contribution in [1.29, 1.82) is 0 Å². The Morgan fingerprint density at radius 1 is 1.18 bits per heavy atom. The molecule has 11 heavy (non-hydrogen) atoms. The van der Waals surface area contributed by atoms with Gasteiger partial charge in [0.1, 0.15) is 0 Å². The van der Waals surface area contributed by atoms with E-state index in [0.717, 1.165) is 13.0 Å². The number of hydrogen-bond acceptors (Lipinski definition) is 1. The van der Waals surface area contributed by atoms with E-state index in [1.807, 2.05) is 0 Å². The second-order valence-corrected chi connectivity index (χ2v) is 3.01. The summed E-state index contributed by atoms with van der Waals surface area (Å²) >= 11 is 0. The van der Waals surface area contributed by atoms with Gasteiger partial charge in [-0.05, 0) is 30.9 Å². The molecule has 58 valence electrons. The second-order valence-electron chi connectivity index (χ2n) is 3.01. The molecule has 0 aromatic heterocycles. The molecule has 0 atom stereocenters. The Kier molecular flexibility index (Phi) is 1.80. The van der Waals surface area contributed by atoms with E-state index in [9.17, 15) is 0 Å². The fraction of sp³-hybridized carbons (Fsp3) is 0.400. The molecule has 0 amide bonds. The van der Waals surface area contributed by atoms with Gasteiger partial charge in [0.25, 0.3) is 0 Å². The van der Waals surface area contributed by atoms with Gasteiger partial charge >= 0.3 is 0 Å². The van der Waals surface area contributed by atoms with Crippen molar-refractivity contribution in [2.75, 3.05) is 6.54 Å². The largest absolute Gasteiger partial charge is 0.385 e. The van der Waals surface area contributed by atoms with Crippen molar-refractivity contribution in [1.82, 2.24) is 5.32 Å². The van der Waals surface area contributed by atoms with Crippen molar-refractivity contribution in [3.63, 3.8) is 0 Å². The molecule has 0 bridgehead atoms. The third kappa shape index (κ3) is 1.37. The summed E-state index contributed by atoms with van der Waals surface area (Å²) in [7, 11) is 0. The van der Waals surface area contributed by atoms with E-state index in [1.165, 1.54) is 24.1 Å². The summed E-state index contributed by atoms with van der Waals surface area (Å²) in [6, 6.07) is 0. The quantitative estimate of drug-likeness (QED) is 0.553. The van der Waals surface area contributed by atoms with Crippen molar-refractivity contribution in [3.05, 3.63) is 35.6 Å². The lowest BCUT2D eigenvalue weighted by molar-refractivity contribution is 0.685. The van der Waals surface area contributed by atoms with Crippen LogP contribution in [0.25, 0.3) is 0 Å². The molecule has 1 heteroatoms. The average molecular weight is 147 g/mol. The SMILES string of the molecule is C1=CC2=C(C=CC1)NCCC2. The lowest BCUT2D eigenvalue weighted by Crippen LogP contribution is -2.19. The maximum atomic E-state index is 3.40. The molecule has 0 saturated carbocycles. The van der Waals surface area contributed by atoms with Crippen LogP contribution < -0.4 is 5.32 Å². The molecule has 1 aliphatic heterocycles. The first-order chi connectivity index (χ1) is 5.47. The fourth-order valence-electron chi connectivity index (χ4n) is 1.56. The normalized spacial score (nSPS) is 22.5. The highest BCUT2D eigenvalue weighted by Gasteiger charge is 2.07. The Balaban J connectivity index is 2.31. The van der Waals surface area contributed by atoms with Crippen LogP contribution in [0.15, 0.2) is 35.6 Å². The van der Waals surface area contributed by atoms with Crippen LogP contribution in [0.4, 0.5) is 0 Å². The number of allylic oxidation sites excluding steroid dienone is 5. The van der Waals surface area contributed by atoms with Crippen molar-refractivity contribution in [2.24, 2.45) is 0 Å². The Hall–Kier alpha value is -0.980. The zero-order valence-corrected chi connectivity index (χ0v) is 6.64. The van der Waals surface area contributed by atoms with Crippen molar-refractivity contribution in [2.45, 2.75) is 19.3 Å². The van der Waals surface area contributed by atoms with E-state index in [2.05, 4.69) is 29.6 Å². The minimum Gasteiger partial charge on any atom is -0.385 e. The highest BCUT2D eigenvalue weighted by molar-refractivity contribution is 5.36. The van der Waals surface area contributed by atoms with Crippen LogP contribution in [0.2, 0.25) is 0 Å². The van der Waals surface area contributed by atoms with Gasteiger partial charge in [0.2, 0.25) is 0 Å². The molecule has 0 unspecified atom stereocenters. The van der Waals surface area contributed by atoms with Gasteiger partial charge in [0, 0.05) is 12.2 Å². The minimum absolute atomic E-state index is 1.08. The summed E-state index contributed by atoms with van der Waals surface area (Å²) in [5.41, 5.74) is 2.81. The molecule has 0 radical (unpaired) electrons. The van der Waals surface area contributed by atoms with E-state index in [4.69, 9.17) is 0 Å². The molecule has 1 nitrogen and oxygen atoms in total. The Morgan fingerprint density at radius 3 is 3.09 bits per heavy atom. The topological polar surface area (TPSA) is 12.0 Å². The highest BCUT2D eigenvalue weighted by Crippen LogP contribution is 2.19. The van der Waals surface area contributed by atoms with Gasteiger partial charge in [-0.3, -0.25) is 0 Å². The third-order valence-electron chi connectivity index (χ3n) is 2.16. The zero-order valence-electron chi connectivity index (χ0n) is 6.64. The maximum absolute atomic E-state index is 3.40. The van der Waals surface area contributed by atoms with Gasteiger partial charge in [-0.25, -0.2) is 0 Å². The van der Waals surface area contributed by atoms with Gasteiger partial charge in [-0.15, -0.1) is 0 Å².